The van der Waals surface area contributed by atoms with Gasteiger partial charge in [0, 0.05) is 6.42 Å². The van der Waals surface area contributed by atoms with Gasteiger partial charge in [0.1, 0.15) is 7.85 Å². The smallest absolute Gasteiger partial charge is 0.108 e. The fraction of sp³-hybridized carbons (Fsp3) is 0.692. The Hall–Kier alpha value is -0.655. The lowest BCUT2D eigenvalue weighted by Crippen LogP contribution is -2.09. The van der Waals surface area contributed by atoms with Crippen molar-refractivity contribution >= 4 is 7.85 Å². The molecule has 0 unspecified atom stereocenters. The molecule has 0 N–H and O–H groups in total. The van der Waals surface area contributed by atoms with E-state index in [-0.39, 0.29) is 0 Å². The van der Waals surface area contributed by atoms with E-state index in [0.717, 1.165) is 18.5 Å². The maximum atomic E-state index is 6.09. The average molecular weight is 202 g/mol. The summed E-state index contributed by atoms with van der Waals surface area (Å²) >= 11 is 0. The minimum atomic E-state index is 0.765. The van der Waals surface area contributed by atoms with Crippen molar-refractivity contribution in [2.75, 3.05) is 6.61 Å². The lowest BCUT2D eigenvalue weighted by molar-refractivity contribution is 0.214. The first kappa shape index (κ1) is 10.8. The zero-order valence-corrected chi connectivity index (χ0v) is 9.64. The molecule has 2 fully saturated rings. The molecule has 0 aliphatic heterocycles. The van der Waals surface area contributed by atoms with Gasteiger partial charge in [-0.3, -0.25) is 0 Å². The second kappa shape index (κ2) is 4.91. The highest BCUT2D eigenvalue weighted by Gasteiger charge is 2.18. The first-order valence-corrected chi connectivity index (χ1v) is 6.11. The van der Waals surface area contributed by atoms with Crippen LogP contribution in [0.3, 0.4) is 0 Å². The summed E-state index contributed by atoms with van der Waals surface area (Å²) in [5.41, 5.74) is 4.04. The molecule has 80 valence electrons. The molecule has 0 saturated heterocycles. The van der Waals surface area contributed by atoms with Gasteiger partial charge in [0.2, 0.25) is 0 Å². The van der Waals surface area contributed by atoms with E-state index >= 15 is 0 Å². The van der Waals surface area contributed by atoms with Crippen molar-refractivity contribution in [3.63, 3.8) is 0 Å². The predicted molar refractivity (Wildman–Crippen MR) is 63.8 cm³/mol. The van der Waals surface area contributed by atoms with Gasteiger partial charge in [-0.05, 0) is 51.0 Å². The molecule has 0 bridgehead atoms. The Kier molecular flexibility index (Phi) is 3.55. The summed E-state index contributed by atoms with van der Waals surface area (Å²) < 4.78 is 5.70. The maximum Gasteiger partial charge on any atom is 0.108 e. The van der Waals surface area contributed by atoms with Gasteiger partial charge >= 0.3 is 0 Å². The van der Waals surface area contributed by atoms with Crippen molar-refractivity contribution in [1.29, 1.82) is 0 Å². The summed E-state index contributed by atoms with van der Waals surface area (Å²) in [5, 5.41) is 0. The van der Waals surface area contributed by atoms with E-state index < -0.39 is 0 Å². The highest BCUT2D eigenvalue weighted by Crippen LogP contribution is 2.34. The van der Waals surface area contributed by atoms with E-state index in [9.17, 15) is 0 Å². The third-order valence-electron chi connectivity index (χ3n) is 3.43. The van der Waals surface area contributed by atoms with Gasteiger partial charge in [0.15, 0.2) is 0 Å². The molecule has 2 aliphatic carbocycles. The second-order valence-electron chi connectivity index (χ2n) is 4.47. The van der Waals surface area contributed by atoms with E-state index in [4.69, 9.17) is 12.6 Å². The van der Waals surface area contributed by atoms with Crippen molar-refractivity contribution in [3.05, 3.63) is 22.4 Å². The summed E-state index contributed by atoms with van der Waals surface area (Å²) in [6.07, 6.45) is 8.36. The molecule has 0 heterocycles. The summed E-state index contributed by atoms with van der Waals surface area (Å²) in [7, 11) is 6.09. The van der Waals surface area contributed by atoms with E-state index in [2.05, 4.69) is 0 Å². The third kappa shape index (κ3) is 2.47. The molecular formula is C13H19BO. The molecule has 2 rings (SSSR count). The molecule has 2 heteroatoms. The van der Waals surface area contributed by atoms with Crippen LogP contribution in [0.2, 0.25) is 0 Å². The molecule has 2 radical (unpaired) electrons. The van der Waals surface area contributed by atoms with Crippen molar-refractivity contribution in [2.24, 2.45) is 0 Å². The van der Waals surface area contributed by atoms with Gasteiger partial charge in [0.05, 0.1) is 12.4 Å². The monoisotopic (exact) mass is 202 g/mol. The number of ether oxygens (including phenoxy) is 1. The van der Waals surface area contributed by atoms with Gasteiger partial charge in [0.25, 0.3) is 0 Å². The molecule has 0 aromatic rings. The molecule has 1 nitrogen and oxygen atoms in total. The van der Waals surface area contributed by atoms with Crippen molar-refractivity contribution < 1.29 is 4.74 Å². The summed E-state index contributed by atoms with van der Waals surface area (Å²) in [6.45, 7) is 2.81. The Balaban J connectivity index is 2.00. The topological polar surface area (TPSA) is 9.23 Å². The average Bonchev–Trinajstić information content (AvgIpc) is 1.96. The summed E-state index contributed by atoms with van der Waals surface area (Å²) in [4.78, 5) is 0. The Morgan fingerprint density at radius 2 is 1.73 bits per heavy atom. The van der Waals surface area contributed by atoms with Gasteiger partial charge < -0.3 is 4.74 Å². The lowest BCUT2D eigenvalue weighted by atomic mass is 9.76. The van der Waals surface area contributed by atoms with Crippen LogP contribution >= 0.6 is 0 Å². The quantitative estimate of drug-likeness (QED) is 0.501. The lowest BCUT2D eigenvalue weighted by Gasteiger charge is -2.25. The summed E-state index contributed by atoms with van der Waals surface area (Å²) in [6, 6.07) is 0. The normalized spacial score (nSPS) is 19.3. The van der Waals surface area contributed by atoms with Crippen molar-refractivity contribution in [1.82, 2.24) is 0 Å². The fourth-order valence-corrected chi connectivity index (χ4v) is 2.06. The number of rotatable bonds is 4. The van der Waals surface area contributed by atoms with Crippen LogP contribution in [0.1, 0.15) is 51.9 Å². The zero-order chi connectivity index (χ0) is 10.7. The molecule has 2 saturated carbocycles. The minimum Gasteiger partial charge on any atom is -0.498 e. The van der Waals surface area contributed by atoms with Crippen LogP contribution in [0.5, 0.6) is 0 Å². The molecule has 0 atom stereocenters. The Morgan fingerprint density at radius 3 is 2.13 bits per heavy atom. The Bertz CT molecular complexity index is 290. The van der Waals surface area contributed by atoms with Crippen LogP contribution in [0.25, 0.3) is 0 Å². The van der Waals surface area contributed by atoms with Gasteiger partial charge in [-0.1, -0.05) is 5.57 Å². The van der Waals surface area contributed by atoms with E-state index in [0.29, 0.717) is 0 Å². The molecule has 15 heavy (non-hydrogen) atoms. The first-order chi connectivity index (χ1) is 7.31. The van der Waals surface area contributed by atoms with Crippen LogP contribution in [-0.4, -0.2) is 14.5 Å². The Morgan fingerprint density at radius 1 is 1.13 bits per heavy atom. The first-order valence-electron chi connectivity index (χ1n) is 6.11. The highest BCUT2D eigenvalue weighted by molar-refractivity contribution is 6.22. The SMILES string of the molecule is [B]C(CC(OCC)=C1CCC1)=C1CCC1. The van der Waals surface area contributed by atoms with Crippen molar-refractivity contribution in [2.45, 2.75) is 51.9 Å². The van der Waals surface area contributed by atoms with Gasteiger partial charge in [-0.15, -0.1) is 5.47 Å². The van der Waals surface area contributed by atoms with Crippen LogP contribution in [-0.2, 0) is 4.74 Å². The van der Waals surface area contributed by atoms with Crippen LogP contribution in [0.15, 0.2) is 22.4 Å². The predicted octanol–water partition coefficient (Wildman–Crippen LogP) is 3.46. The second-order valence-corrected chi connectivity index (χ2v) is 4.47. The maximum absolute atomic E-state index is 6.09. The zero-order valence-electron chi connectivity index (χ0n) is 9.64. The van der Waals surface area contributed by atoms with Crippen molar-refractivity contribution in [3.8, 4) is 0 Å². The van der Waals surface area contributed by atoms with E-state index in [1.54, 1.807) is 0 Å². The number of hydrogen-bond acceptors (Lipinski definition) is 1. The standard InChI is InChI=1S/C13H19BO/c1-2-15-13(11-7-4-8-11)9-12(14)10-5-3-6-10/h2-9H2,1H3. The summed E-state index contributed by atoms with van der Waals surface area (Å²) in [5.74, 6) is 1.17. The Labute approximate surface area is 94.0 Å². The van der Waals surface area contributed by atoms with Gasteiger partial charge in [-0.2, -0.15) is 0 Å². The van der Waals surface area contributed by atoms with Crippen LogP contribution in [0.4, 0.5) is 0 Å². The molecule has 0 aromatic heterocycles. The van der Waals surface area contributed by atoms with Crippen LogP contribution in [0, 0.1) is 0 Å². The molecule has 2 aliphatic rings. The minimum absolute atomic E-state index is 0.765. The molecule has 0 aromatic carbocycles. The third-order valence-corrected chi connectivity index (χ3v) is 3.43. The largest absolute Gasteiger partial charge is 0.498 e. The fourth-order valence-electron chi connectivity index (χ4n) is 2.06. The molecule has 0 amide bonds. The number of allylic oxidation sites excluding steroid dienone is 3. The highest BCUT2D eigenvalue weighted by atomic mass is 16.5. The van der Waals surface area contributed by atoms with E-state index in [1.807, 2.05) is 6.92 Å². The van der Waals surface area contributed by atoms with E-state index in [1.165, 1.54) is 55.4 Å². The molecule has 0 spiro atoms. The van der Waals surface area contributed by atoms with Crippen LogP contribution < -0.4 is 0 Å². The number of hydrogen-bond donors (Lipinski definition) is 0. The van der Waals surface area contributed by atoms with Gasteiger partial charge in [-0.25, -0.2) is 0 Å². The molecular weight excluding hydrogens is 183 g/mol.